The van der Waals surface area contributed by atoms with Gasteiger partial charge in [-0.2, -0.15) is 5.10 Å². The average Bonchev–Trinajstić information content (AvgIpc) is 2.74. The summed E-state index contributed by atoms with van der Waals surface area (Å²) >= 11 is 3.72. The fourth-order valence-corrected chi connectivity index (χ4v) is 3.95. The summed E-state index contributed by atoms with van der Waals surface area (Å²) < 4.78 is 3.28. The molecule has 1 heterocycles. The fraction of sp³-hybridized carbons (Fsp3) is 0.812. The van der Waals surface area contributed by atoms with E-state index in [9.17, 15) is 0 Å². The Labute approximate surface area is 138 Å². The number of aromatic nitrogens is 2. The zero-order chi connectivity index (χ0) is 16.2. The van der Waals surface area contributed by atoms with Gasteiger partial charge in [0.1, 0.15) is 0 Å². The molecule has 0 amide bonds. The zero-order valence-corrected chi connectivity index (χ0v) is 16.2. The van der Waals surface area contributed by atoms with Crippen LogP contribution in [0.3, 0.4) is 0 Å². The average molecular weight is 359 g/mol. The number of nitrogens with zero attached hydrogens (tertiary/aromatic N) is 3. The minimum absolute atomic E-state index is 0.158. The van der Waals surface area contributed by atoms with Gasteiger partial charge in [-0.15, -0.1) is 0 Å². The second-order valence-electron chi connectivity index (χ2n) is 5.91. The van der Waals surface area contributed by atoms with Crippen molar-refractivity contribution < 1.29 is 0 Å². The molecule has 5 heteroatoms. The molecule has 1 aromatic heterocycles. The number of nitrogens with one attached hydrogen (secondary N) is 1. The molecule has 0 saturated carbocycles. The van der Waals surface area contributed by atoms with Crippen molar-refractivity contribution in [2.45, 2.75) is 65.1 Å². The van der Waals surface area contributed by atoms with E-state index >= 15 is 0 Å². The van der Waals surface area contributed by atoms with Gasteiger partial charge in [-0.1, -0.05) is 13.8 Å². The van der Waals surface area contributed by atoms with E-state index < -0.39 is 0 Å². The van der Waals surface area contributed by atoms with Crippen molar-refractivity contribution in [2.75, 3.05) is 21.1 Å². The lowest BCUT2D eigenvalue weighted by molar-refractivity contribution is 0.0907. The Morgan fingerprint density at radius 2 is 1.86 bits per heavy atom. The van der Waals surface area contributed by atoms with E-state index in [0.29, 0.717) is 6.04 Å². The summed E-state index contributed by atoms with van der Waals surface area (Å²) in [6.45, 7) is 9.69. The van der Waals surface area contributed by atoms with Crippen LogP contribution in [0.25, 0.3) is 0 Å². The first kappa shape index (κ1) is 18.7. The van der Waals surface area contributed by atoms with Gasteiger partial charge < -0.3 is 10.2 Å². The van der Waals surface area contributed by atoms with E-state index in [1.807, 2.05) is 0 Å². The van der Waals surface area contributed by atoms with Gasteiger partial charge in [0.25, 0.3) is 0 Å². The third kappa shape index (κ3) is 3.51. The van der Waals surface area contributed by atoms with E-state index in [0.717, 1.165) is 36.0 Å². The number of hydrogen-bond donors (Lipinski definition) is 1. The Balaban J connectivity index is 3.18. The predicted octanol–water partition coefficient (Wildman–Crippen LogP) is 3.22. The van der Waals surface area contributed by atoms with Gasteiger partial charge in [-0.25, -0.2) is 0 Å². The first-order chi connectivity index (χ1) is 9.87. The molecule has 0 aromatic carbocycles. The minimum atomic E-state index is 0.158. The molecule has 0 aliphatic carbocycles. The SMILES string of the molecule is CCn1nc(C)c(Br)c1CC(NC)C(CC)(CC)N(C)C. The van der Waals surface area contributed by atoms with Gasteiger partial charge in [0.2, 0.25) is 0 Å². The molecule has 0 bridgehead atoms. The maximum atomic E-state index is 4.62. The van der Waals surface area contributed by atoms with Crippen molar-refractivity contribution in [3.63, 3.8) is 0 Å². The second-order valence-corrected chi connectivity index (χ2v) is 6.71. The van der Waals surface area contributed by atoms with E-state index in [-0.39, 0.29) is 5.54 Å². The molecule has 1 atom stereocenters. The number of aryl methyl sites for hydroxylation is 2. The maximum absolute atomic E-state index is 4.62. The molecule has 122 valence electrons. The summed E-state index contributed by atoms with van der Waals surface area (Å²) in [5.74, 6) is 0. The van der Waals surface area contributed by atoms with Crippen LogP contribution in [0.1, 0.15) is 45.0 Å². The minimum Gasteiger partial charge on any atom is -0.315 e. The van der Waals surface area contributed by atoms with Crippen LogP contribution >= 0.6 is 15.9 Å². The predicted molar refractivity (Wildman–Crippen MR) is 93.9 cm³/mol. The molecule has 1 N–H and O–H groups in total. The van der Waals surface area contributed by atoms with Gasteiger partial charge in [-0.3, -0.25) is 4.68 Å². The van der Waals surface area contributed by atoms with Crippen molar-refractivity contribution in [1.82, 2.24) is 20.0 Å². The normalized spacial score (nSPS) is 14.0. The Morgan fingerprint density at radius 1 is 1.29 bits per heavy atom. The summed E-state index contributed by atoms with van der Waals surface area (Å²) in [6, 6.07) is 0.389. The van der Waals surface area contributed by atoms with Gasteiger partial charge in [0.05, 0.1) is 15.9 Å². The summed E-state index contributed by atoms with van der Waals surface area (Å²) in [5, 5.41) is 8.18. The highest BCUT2D eigenvalue weighted by Gasteiger charge is 2.37. The molecule has 1 rings (SSSR count). The summed E-state index contributed by atoms with van der Waals surface area (Å²) in [4.78, 5) is 2.38. The van der Waals surface area contributed by atoms with Crippen LogP contribution in [-0.2, 0) is 13.0 Å². The highest BCUT2D eigenvalue weighted by atomic mass is 79.9. The van der Waals surface area contributed by atoms with Crippen LogP contribution in [-0.4, -0.2) is 47.4 Å². The van der Waals surface area contributed by atoms with Gasteiger partial charge in [-0.05, 0) is 63.8 Å². The number of hydrogen-bond acceptors (Lipinski definition) is 3. The first-order valence-electron chi connectivity index (χ1n) is 7.94. The summed E-state index contributed by atoms with van der Waals surface area (Å²) in [7, 11) is 6.45. The largest absolute Gasteiger partial charge is 0.315 e. The number of rotatable bonds is 8. The summed E-state index contributed by atoms with van der Waals surface area (Å²) in [5.41, 5.74) is 2.53. The van der Waals surface area contributed by atoms with Gasteiger partial charge in [0, 0.05) is 24.5 Å². The smallest absolute Gasteiger partial charge is 0.0738 e. The number of halogens is 1. The Morgan fingerprint density at radius 3 is 2.24 bits per heavy atom. The zero-order valence-electron chi connectivity index (χ0n) is 14.6. The van der Waals surface area contributed by atoms with Crippen molar-refractivity contribution in [3.05, 3.63) is 15.9 Å². The maximum Gasteiger partial charge on any atom is 0.0738 e. The molecule has 4 nitrogen and oxygen atoms in total. The van der Waals surface area contributed by atoms with E-state index in [4.69, 9.17) is 0 Å². The van der Waals surface area contributed by atoms with Gasteiger partial charge >= 0.3 is 0 Å². The molecular formula is C16H31BrN4. The lowest BCUT2D eigenvalue weighted by Gasteiger charge is -2.45. The fourth-order valence-electron chi connectivity index (χ4n) is 3.50. The monoisotopic (exact) mass is 358 g/mol. The molecule has 1 unspecified atom stereocenters. The molecule has 0 aliphatic rings. The second kappa shape index (κ2) is 7.75. The lowest BCUT2D eigenvalue weighted by Crippen LogP contribution is -2.58. The molecule has 0 fully saturated rings. The van der Waals surface area contributed by atoms with Crippen LogP contribution in [0.5, 0.6) is 0 Å². The third-order valence-electron chi connectivity index (χ3n) is 4.96. The lowest BCUT2D eigenvalue weighted by atomic mass is 9.81. The Bertz CT molecular complexity index is 449. The third-order valence-corrected chi connectivity index (χ3v) is 5.99. The standard InChI is InChI=1S/C16H31BrN4/c1-8-16(9-2,20(6)7)14(18-5)11-13-15(17)12(4)19-21(13)10-3/h14,18H,8-11H2,1-7H3. The van der Waals surface area contributed by atoms with Crippen LogP contribution in [0.2, 0.25) is 0 Å². The van der Waals surface area contributed by atoms with Crippen LogP contribution < -0.4 is 5.32 Å². The van der Waals surface area contributed by atoms with Crippen LogP contribution in [0, 0.1) is 6.92 Å². The Kier molecular flexibility index (Phi) is 6.88. The number of likely N-dealkylation sites (N-methyl/N-ethyl adjacent to an activating group) is 2. The highest BCUT2D eigenvalue weighted by molar-refractivity contribution is 9.10. The molecule has 0 aliphatic heterocycles. The topological polar surface area (TPSA) is 33.1 Å². The molecule has 0 spiro atoms. The van der Waals surface area contributed by atoms with Gasteiger partial charge in [0.15, 0.2) is 0 Å². The molecule has 1 aromatic rings. The molecular weight excluding hydrogens is 328 g/mol. The first-order valence-corrected chi connectivity index (χ1v) is 8.73. The van der Waals surface area contributed by atoms with Crippen LogP contribution in [0.15, 0.2) is 4.47 Å². The van der Waals surface area contributed by atoms with E-state index in [1.54, 1.807) is 0 Å². The van der Waals surface area contributed by atoms with Crippen molar-refractivity contribution in [3.8, 4) is 0 Å². The highest BCUT2D eigenvalue weighted by Crippen LogP contribution is 2.30. The van der Waals surface area contributed by atoms with Crippen LogP contribution in [0.4, 0.5) is 0 Å². The molecule has 0 radical (unpaired) electrons. The van der Waals surface area contributed by atoms with E-state index in [2.05, 4.69) is 84.8 Å². The van der Waals surface area contributed by atoms with E-state index in [1.165, 1.54) is 5.69 Å². The van der Waals surface area contributed by atoms with Crippen molar-refractivity contribution >= 4 is 15.9 Å². The van der Waals surface area contributed by atoms with Crippen molar-refractivity contribution in [1.29, 1.82) is 0 Å². The Hall–Kier alpha value is -0.390. The quantitative estimate of drug-likeness (QED) is 0.774. The van der Waals surface area contributed by atoms with Crippen molar-refractivity contribution in [2.24, 2.45) is 0 Å². The molecule has 21 heavy (non-hydrogen) atoms. The molecule has 0 saturated heterocycles. The summed E-state index contributed by atoms with van der Waals surface area (Å²) in [6.07, 6.45) is 3.23.